The fourth-order valence-electron chi connectivity index (χ4n) is 1.69. The minimum absolute atomic E-state index is 0.356. The highest BCUT2D eigenvalue weighted by Crippen LogP contribution is 2.27. The molecule has 0 aliphatic rings. The van der Waals surface area contributed by atoms with Gasteiger partial charge in [-0.05, 0) is 12.1 Å². The van der Waals surface area contributed by atoms with Crippen molar-refractivity contribution >= 4 is 10.9 Å². The lowest BCUT2D eigenvalue weighted by atomic mass is 10.2. The molecule has 0 amide bonds. The molecule has 3 N–H and O–H groups in total. The average Bonchev–Trinajstić information content (AvgIpc) is 2.88. The molecule has 0 bridgehead atoms. The van der Waals surface area contributed by atoms with Gasteiger partial charge >= 0.3 is 0 Å². The molecule has 90 valence electrons. The first-order chi connectivity index (χ1) is 8.86. The first-order valence-corrected chi connectivity index (χ1v) is 5.48. The van der Waals surface area contributed by atoms with Crippen LogP contribution in [-0.2, 0) is 6.54 Å². The maximum absolute atomic E-state index is 5.73. The molecule has 0 saturated heterocycles. The zero-order chi connectivity index (χ0) is 12.4. The second-order valence-electron chi connectivity index (χ2n) is 3.74. The number of nitrogens with one attached hydrogen (secondary N) is 1. The van der Waals surface area contributed by atoms with E-state index in [1.165, 1.54) is 6.33 Å². The monoisotopic (exact) mass is 241 g/mol. The number of fused-ring (bicyclic) bond motifs is 1. The Labute approximate surface area is 103 Å². The molecule has 0 radical (unpaired) electrons. The third-order valence-electron chi connectivity index (χ3n) is 2.57. The van der Waals surface area contributed by atoms with E-state index >= 15 is 0 Å². The number of nitrogens with two attached hydrogens (primary N) is 1. The van der Waals surface area contributed by atoms with Gasteiger partial charge in [-0.1, -0.05) is 6.07 Å². The van der Waals surface area contributed by atoms with E-state index in [9.17, 15) is 0 Å². The summed E-state index contributed by atoms with van der Waals surface area (Å²) in [7, 11) is 0. The van der Waals surface area contributed by atoms with Gasteiger partial charge in [-0.15, -0.1) is 0 Å². The maximum atomic E-state index is 5.73. The van der Waals surface area contributed by atoms with Crippen LogP contribution in [0.4, 0.5) is 0 Å². The summed E-state index contributed by atoms with van der Waals surface area (Å²) in [6.07, 6.45) is 3.16. The Morgan fingerprint density at radius 2 is 2.22 bits per heavy atom. The molecule has 0 fully saturated rings. The minimum Gasteiger partial charge on any atom is -0.438 e. The highest BCUT2D eigenvalue weighted by Gasteiger charge is 2.06. The maximum Gasteiger partial charge on any atom is 0.222 e. The Morgan fingerprint density at radius 1 is 1.28 bits per heavy atom. The number of rotatable bonds is 3. The van der Waals surface area contributed by atoms with E-state index in [-0.39, 0.29) is 0 Å². The van der Waals surface area contributed by atoms with Gasteiger partial charge < -0.3 is 10.5 Å². The fourth-order valence-corrected chi connectivity index (χ4v) is 1.69. The topological polar surface area (TPSA) is 89.7 Å². The van der Waals surface area contributed by atoms with Crippen LogP contribution in [0, 0.1) is 0 Å². The highest BCUT2D eigenvalue weighted by atomic mass is 16.5. The Kier molecular flexibility index (Phi) is 2.62. The van der Waals surface area contributed by atoms with Crippen LogP contribution >= 0.6 is 0 Å². The molecule has 0 unspecified atom stereocenters. The summed E-state index contributed by atoms with van der Waals surface area (Å²) in [4.78, 5) is 8.07. The molecule has 0 aliphatic heterocycles. The van der Waals surface area contributed by atoms with Crippen LogP contribution in [0.25, 0.3) is 10.9 Å². The fraction of sp³-hybridized carbons (Fsp3) is 0.0833. The summed E-state index contributed by atoms with van der Waals surface area (Å²) in [6.45, 7) is 0.356. The largest absolute Gasteiger partial charge is 0.438 e. The molecule has 18 heavy (non-hydrogen) atoms. The quantitative estimate of drug-likeness (QED) is 0.727. The van der Waals surface area contributed by atoms with Crippen molar-refractivity contribution in [1.82, 2.24) is 20.2 Å². The molecular weight excluding hydrogens is 230 g/mol. The molecule has 2 aromatic heterocycles. The van der Waals surface area contributed by atoms with Gasteiger partial charge in [0.25, 0.3) is 0 Å². The van der Waals surface area contributed by atoms with Crippen molar-refractivity contribution < 1.29 is 4.74 Å². The minimum atomic E-state index is 0.356. The molecule has 0 saturated carbocycles. The summed E-state index contributed by atoms with van der Waals surface area (Å²) < 4.78 is 5.73. The first kappa shape index (κ1) is 10.7. The third kappa shape index (κ3) is 1.89. The van der Waals surface area contributed by atoms with E-state index in [1.807, 2.05) is 18.2 Å². The zero-order valence-corrected chi connectivity index (χ0v) is 9.50. The number of hydrogen-bond donors (Lipinski definition) is 2. The van der Waals surface area contributed by atoms with Gasteiger partial charge in [-0.2, -0.15) is 5.10 Å². The standard InChI is InChI=1S/C12H11N5O/c13-5-8-4-12(15-7-14-8)18-11-3-1-2-10-9(11)6-16-17-10/h1-4,6-7H,5,13H2,(H,16,17). The molecular formula is C12H11N5O. The van der Waals surface area contributed by atoms with Crippen molar-refractivity contribution in [3.05, 3.63) is 42.5 Å². The van der Waals surface area contributed by atoms with Crippen LogP contribution in [0.5, 0.6) is 11.6 Å². The van der Waals surface area contributed by atoms with Gasteiger partial charge in [-0.3, -0.25) is 5.10 Å². The van der Waals surface area contributed by atoms with Gasteiger partial charge in [0.15, 0.2) is 0 Å². The van der Waals surface area contributed by atoms with E-state index in [4.69, 9.17) is 10.5 Å². The van der Waals surface area contributed by atoms with Crippen molar-refractivity contribution in [2.75, 3.05) is 0 Å². The van der Waals surface area contributed by atoms with Crippen molar-refractivity contribution in [3.63, 3.8) is 0 Å². The predicted octanol–water partition coefficient (Wildman–Crippen LogP) is 1.60. The summed E-state index contributed by atoms with van der Waals surface area (Å²) in [6, 6.07) is 7.41. The van der Waals surface area contributed by atoms with Gasteiger partial charge in [0.1, 0.15) is 12.1 Å². The molecule has 0 atom stereocenters. The number of nitrogens with zero attached hydrogens (tertiary/aromatic N) is 3. The molecule has 0 spiro atoms. The molecule has 6 heteroatoms. The third-order valence-corrected chi connectivity index (χ3v) is 2.57. The van der Waals surface area contributed by atoms with Crippen LogP contribution < -0.4 is 10.5 Å². The number of ether oxygens (including phenoxy) is 1. The van der Waals surface area contributed by atoms with Gasteiger partial charge in [0.05, 0.1) is 22.8 Å². The second-order valence-corrected chi connectivity index (χ2v) is 3.74. The molecule has 2 heterocycles. The molecule has 1 aromatic carbocycles. The first-order valence-electron chi connectivity index (χ1n) is 5.48. The lowest BCUT2D eigenvalue weighted by molar-refractivity contribution is 0.465. The van der Waals surface area contributed by atoms with E-state index in [1.54, 1.807) is 12.3 Å². The summed E-state index contributed by atoms with van der Waals surface area (Å²) in [5.41, 5.74) is 7.18. The lowest BCUT2D eigenvalue weighted by Gasteiger charge is -2.06. The van der Waals surface area contributed by atoms with Crippen LogP contribution in [0.1, 0.15) is 5.69 Å². The zero-order valence-electron chi connectivity index (χ0n) is 9.50. The summed E-state index contributed by atoms with van der Waals surface area (Å²) in [5.74, 6) is 1.17. The second kappa shape index (κ2) is 4.42. The summed E-state index contributed by atoms with van der Waals surface area (Å²) >= 11 is 0. The highest BCUT2D eigenvalue weighted by molar-refractivity contribution is 5.84. The van der Waals surface area contributed by atoms with Crippen LogP contribution in [0.2, 0.25) is 0 Å². The average molecular weight is 241 g/mol. The normalized spacial score (nSPS) is 10.7. The smallest absolute Gasteiger partial charge is 0.222 e. The Balaban J connectivity index is 1.98. The molecule has 0 aliphatic carbocycles. The van der Waals surface area contributed by atoms with E-state index in [2.05, 4.69) is 20.2 Å². The van der Waals surface area contributed by atoms with Crippen LogP contribution in [0.15, 0.2) is 36.8 Å². The van der Waals surface area contributed by atoms with E-state index in [0.29, 0.717) is 18.2 Å². The predicted molar refractivity (Wildman–Crippen MR) is 66.1 cm³/mol. The van der Waals surface area contributed by atoms with Gasteiger partial charge in [0.2, 0.25) is 5.88 Å². The SMILES string of the molecule is NCc1cc(Oc2cccc3[nH]ncc23)ncn1. The van der Waals surface area contributed by atoms with Gasteiger partial charge in [-0.25, -0.2) is 9.97 Å². The van der Waals surface area contributed by atoms with E-state index in [0.717, 1.165) is 16.6 Å². The van der Waals surface area contributed by atoms with Gasteiger partial charge in [0, 0.05) is 12.6 Å². The Morgan fingerprint density at radius 3 is 3.11 bits per heavy atom. The summed E-state index contributed by atoms with van der Waals surface area (Å²) in [5, 5.41) is 7.77. The number of aromatic amines is 1. The molecule has 6 nitrogen and oxygen atoms in total. The van der Waals surface area contributed by atoms with E-state index < -0.39 is 0 Å². The Hall–Kier alpha value is -2.47. The lowest BCUT2D eigenvalue weighted by Crippen LogP contribution is -2.00. The van der Waals surface area contributed by atoms with Crippen LogP contribution in [-0.4, -0.2) is 20.2 Å². The number of hydrogen-bond acceptors (Lipinski definition) is 5. The molecule has 3 aromatic rings. The van der Waals surface area contributed by atoms with Crippen LogP contribution in [0.3, 0.4) is 0 Å². The van der Waals surface area contributed by atoms with Crippen molar-refractivity contribution in [1.29, 1.82) is 0 Å². The number of benzene rings is 1. The number of H-pyrrole nitrogens is 1. The van der Waals surface area contributed by atoms with Crippen molar-refractivity contribution in [3.8, 4) is 11.6 Å². The molecule has 3 rings (SSSR count). The number of aromatic nitrogens is 4. The Bertz CT molecular complexity index is 679. The van der Waals surface area contributed by atoms with Crippen molar-refractivity contribution in [2.24, 2.45) is 5.73 Å². The van der Waals surface area contributed by atoms with Crippen molar-refractivity contribution in [2.45, 2.75) is 6.54 Å².